The Bertz CT molecular complexity index is 426. The molecule has 1 aromatic heterocycles. The summed E-state index contributed by atoms with van der Waals surface area (Å²) in [6, 6.07) is 5.24. The molecule has 0 fully saturated rings. The SMILES string of the molecule is Cc1ncc2c(O)cccc2n1. The summed E-state index contributed by atoms with van der Waals surface area (Å²) in [5.41, 5.74) is 0.780. The highest BCUT2D eigenvalue weighted by Gasteiger charge is 1.99. The van der Waals surface area contributed by atoms with Crippen molar-refractivity contribution in [3.8, 4) is 5.75 Å². The lowest BCUT2D eigenvalue weighted by Crippen LogP contribution is -1.87. The van der Waals surface area contributed by atoms with Crippen molar-refractivity contribution in [2.75, 3.05) is 0 Å². The fourth-order valence-electron chi connectivity index (χ4n) is 1.13. The standard InChI is InChI=1S/C9H8N2O/c1-6-10-5-7-8(11-6)3-2-4-9(7)12/h2-5,12H,1H3. The number of hydrogen-bond acceptors (Lipinski definition) is 3. The van der Waals surface area contributed by atoms with Gasteiger partial charge < -0.3 is 5.11 Å². The van der Waals surface area contributed by atoms with Gasteiger partial charge in [0.25, 0.3) is 0 Å². The number of phenolic OH excluding ortho intramolecular Hbond substituents is 1. The number of rotatable bonds is 0. The maximum atomic E-state index is 9.38. The minimum absolute atomic E-state index is 0.229. The third kappa shape index (κ3) is 0.993. The van der Waals surface area contributed by atoms with Crippen LogP contribution in [0, 0.1) is 6.92 Å². The van der Waals surface area contributed by atoms with Crippen LogP contribution in [-0.2, 0) is 0 Å². The van der Waals surface area contributed by atoms with Crippen LogP contribution in [-0.4, -0.2) is 15.1 Å². The van der Waals surface area contributed by atoms with Crippen LogP contribution in [0.25, 0.3) is 10.9 Å². The largest absolute Gasteiger partial charge is 0.507 e. The van der Waals surface area contributed by atoms with Gasteiger partial charge in [0.2, 0.25) is 0 Å². The highest BCUT2D eigenvalue weighted by Crippen LogP contribution is 2.21. The first kappa shape index (κ1) is 7.03. The van der Waals surface area contributed by atoms with E-state index in [1.165, 1.54) is 0 Å². The number of hydrogen-bond donors (Lipinski definition) is 1. The summed E-state index contributed by atoms with van der Waals surface area (Å²) < 4.78 is 0. The van der Waals surface area contributed by atoms with Gasteiger partial charge in [-0.2, -0.15) is 0 Å². The third-order valence-corrected chi connectivity index (χ3v) is 1.72. The van der Waals surface area contributed by atoms with Crippen molar-refractivity contribution < 1.29 is 5.11 Å². The molecule has 1 heterocycles. The normalized spacial score (nSPS) is 10.4. The van der Waals surface area contributed by atoms with Gasteiger partial charge in [-0.05, 0) is 19.1 Å². The van der Waals surface area contributed by atoms with Gasteiger partial charge in [-0.15, -0.1) is 0 Å². The number of benzene rings is 1. The fraction of sp³-hybridized carbons (Fsp3) is 0.111. The summed E-state index contributed by atoms with van der Waals surface area (Å²) in [7, 11) is 0. The Hall–Kier alpha value is -1.64. The molecule has 0 bridgehead atoms. The molecule has 0 aliphatic carbocycles. The van der Waals surface area contributed by atoms with Gasteiger partial charge in [-0.3, -0.25) is 0 Å². The van der Waals surface area contributed by atoms with Gasteiger partial charge in [0.1, 0.15) is 11.6 Å². The van der Waals surface area contributed by atoms with Crippen LogP contribution in [0.1, 0.15) is 5.82 Å². The summed E-state index contributed by atoms with van der Waals surface area (Å²) >= 11 is 0. The van der Waals surface area contributed by atoms with E-state index in [2.05, 4.69) is 9.97 Å². The van der Waals surface area contributed by atoms with Gasteiger partial charge in [-0.25, -0.2) is 9.97 Å². The second kappa shape index (κ2) is 2.44. The molecule has 0 unspecified atom stereocenters. The van der Waals surface area contributed by atoms with Gasteiger partial charge >= 0.3 is 0 Å². The topological polar surface area (TPSA) is 46.0 Å². The molecule has 1 aromatic carbocycles. The van der Waals surface area contributed by atoms with Crippen LogP contribution in [0.4, 0.5) is 0 Å². The molecule has 0 atom stereocenters. The highest BCUT2D eigenvalue weighted by atomic mass is 16.3. The number of aromatic hydroxyl groups is 1. The lowest BCUT2D eigenvalue weighted by molar-refractivity contribution is 0.481. The quantitative estimate of drug-likeness (QED) is 0.637. The Morgan fingerprint density at radius 3 is 3.00 bits per heavy atom. The minimum atomic E-state index is 0.229. The third-order valence-electron chi connectivity index (χ3n) is 1.72. The second-order valence-electron chi connectivity index (χ2n) is 2.63. The molecule has 0 aliphatic heterocycles. The summed E-state index contributed by atoms with van der Waals surface area (Å²) in [5, 5.41) is 10.1. The number of aromatic nitrogens is 2. The molecule has 3 heteroatoms. The van der Waals surface area contributed by atoms with Gasteiger partial charge in [-0.1, -0.05) is 6.07 Å². The number of aryl methyl sites for hydroxylation is 1. The van der Waals surface area contributed by atoms with Crippen molar-refractivity contribution in [3.05, 3.63) is 30.2 Å². The van der Waals surface area contributed by atoms with Crippen molar-refractivity contribution in [1.29, 1.82) is 0 Å². The molecule has 2 rings (SSSR count). The molecule has 0 saturated carbocycles. The molecule has 0 spiro atoms. The molecule has 3 nitrogen and oxygen atoms in total. The highest BCUT2D eigenvalue weighted by molar-refractivity contribution is 5.83. The van der Waals surface area contributed by atoms with Crippen molar-refractivity contribution >= 4 is 10.9 Å². The van der Waals surface area contributed by atoms with Crippen LogP contribution >= 0.6 is 0 Å². The van der Waals surface area contributed by atoms with E-state index in [0.717, 1.165) is 5.52 Å². The van der Waals surface area contributed by atoms with Gasteiger partial charge in [0.15, 0.2) is 0 Å². The first-order valence-electron chi connectivity index (χ1n) is 3.69. The first-order chi connectivity index (χ1) is 5.77. The second-order valence-corrected chi connectivity index (χ2v) is 2.63. The molecule has 0 amide bonds. The van der Waals surface area contributed by atoms with Crippen molar-refractivity contribution in [1.82, 2.24) is 9.97 Å². The van der Waals surface area contributed by atoms with Crippen LogP contribution in [0.15, 0.2) is 24.4 Å². The Kier molecular flexibility index (Phi) is 1.43. The molecular formula is C9H8N2O. The summed E-state index contributed by atoms with van der Waals surface area (Å²) in [6.45, 7) is 1.82. The fourth-order valence-corrected chi connectivity index (χ4v) is 1.13. The summed E-state index contributed by atoms with van der Waals surface area (Å²) in [6.07, 6.45) is 1.63. The van der Waals surface area contributed by atoms with Crippen molar-refractivity contribution in [2.45, 2.75) is 6.92 Å². The van der Waals surface area contributed by atoms with Crippen LogP contribution in [0.3, 0.4) is 0 Å². The van der Waals surface area contributed by atoms with Crippen LogP contribution < -0.4 is 0 Å². The number of fused-ring (bicyclic) bond motifs is 1. The predicted molar refractivity (Wildman–Crippen MR) is 45.9 cm³/mol. The molecular weight excluding hydrogens is 152 g/mol. The monoisotopic (exact) mass is 160 g/mol. The van der Waals surface area contributed by atoms with Crippen molar-refractivity contribution in [3.63, 3.8) is 0 Å². The van der Waals surface area contributed by atoms with E-state index < -0.39 is 0 Å². The zero-order valence-corrected chi connectivity index (χ0v) is 6.65. The minimum Gasteiger partial charge on any atom is -0.507 e. The van der Waals surface area contributed by atoms with Crippen molar-refractivity contribution in [2.24, 2.45) is 0 Å². The van der Waals surface area contributed by atoms with E-state index in [9.17, 15) is 5.11 Å². The Balaban J connectivity index is 2.86. The lowest BCUT2D eigenvalue weighted by atomic mass is 10.2. The predicted octanol–water partition coefficient (Wildman–Crippen LogP) is 1.64. The molecule has 2 aromatic rings. The summed E-state index contributed by atoms with van der Waals surface area (Å²) in [5.74, 6) is 0.945. The molecule has 60 valence electrons. The number of nitrogens with zero attached hydrogens (tertiary/aromatic N) is 2. The van der Waals surface area contributed by atoms with E-state index in [-0.39, 0.29) is 5.75 Å². The van der Waals surface area contributed by atoms with E-state index in [4.69, 9.17) is 0 Å². The maximum Gasteiger partial charge on any atom is 0.126 e. The molecule has 0 saturated heterocycles. The zero-order valence-electron chi connectivity index (χ0n) is 6.65. The molecule has 1 N–H and O–H groups in total. The van der Waals surface area contributed by atoms with E-state index in [1.54, 1.807) is 18.3 Å². The van der Waals surface area contributed by atoms with Crippen LogP contribution in [0.2, 0.25) is 0 Å². The Morgan fingerprint density at radius 2 is 2.17 bits per heavy atom. The van der Waals surface area contributed by atoms with E-state index in [1.807, 2.05) is 13.0 Å². The summed E-state index contributed by atoms with van der Waals surface area (Å²) in [4.78, 5) is 8.16. The lowest BCUT2D eigenvalue weighted by Gasteiger charge is -1.98. The van der Waals surface area contributed by atoms with E-state index >= 15 is 0 Å². The average molecular weight is 160 g/mol. The average Bonchev–Trinajstić information content (AvgIpc) is 2.04. The molecule has 0 radical (unpaired) electrons. The first-order valence-corrected chi connectivity index (χ1v) is 3.69. The zero-order chi connectivity index (χ0) is 8.55. The number of phenols is 1. The van der Waals surface area contributed by atoms with E-state index in [0.29, 0.717) is 11.2 Å². The molecule has 12 heavy (non-hydrogen) atoms. The Morgan fingerprint density at radius 1 is 1.33 bits per heavy atom. The van der Waals surface area contributed by atoms with Crippen LogP contribution in [0.5, 0.6) is 5.75 Å². The Labute approximate surface area is 69.7 Å². The maximum absolute atomic E-state index is 9.38. The van der Waals surface area contributed by atoms with Gasteiger partial charge in [0.05, 0.1) is 10.9 Å². The smallest absolute Gasteiger partial charge is 0.126 e. The molecule has 0 aliphatic rings. The van der Waals surface area contributed by atoms with Gasteiger partial charge in [0, 0.05) is 6.20 Å².